The number of methoxy groups -OCH3 is 1. The van der Waals surface area contributed by atoms with Crippen LogP contribution in [0.15, 0.2) is 24.3 Å². The Morgan fingerprint density at radius 2 is 2.20 bits per heavy atom. The number of hydrogen-bond donors (Lipinski definition) is 0. The largest absolute Gasteiger partial charge is 0.493 e. The van der Waals surface area contributed by atoms with Gasteiger partial charge in [0.25, 0.3) is 0 Å². The van der Waals surface area contributed by atoms with E-state index in [-0.39, 0.29) is 5.60 Å². The Hall–Kier alpha value is -1.35. The number of para-hydroxylation sites is 1. The topological polar surface area (TPSA) is 35.5 Å². The lowest BCUT2D eigenvalue weighted by Gasteiger charge is -2.40. The number of ketones is 1. The van der Waals surface area contributed by atoms with Gasteiger partial charge in [0.1, 0.15) is 11.5 Å². The van der Waals surface area contributed by atoms with Crippen LogP contribution >= 0.6 is 0 Å². The van der Waals surface area contributed by atoms with Gasteiger partial charge in [0.2, 0.25) is 0 Å². The molecule has 1 aliphatic heterocycles. The van der Waals surface area contributed by atoms with Crippen LogP contribution in [-0.2, 0) is 9.53 Å². The number of carbonyl (C=O) groups is 1. The lowest BCUT2D eigenvalue weighted by Crippen LogP contribution is -2.41. The van der Waals surface area contributed by atoms with E-state index in [0.717, 1.165) is 25.0 Å². The normalized spacial score (nSPS) is 23.4. The third kappa shape index (κ3) is 2.59. The molecular formula is C17H22O3. The maximum absolute atomic E-state index is 12.4. The third-order valence-corrected chi connectivity index (χ3v) is 4.77. The Morgan fingerprint density at radius 3 is 2.90 bits per heavy atom. The quantitative estimate of drug-likeness (QED) is 0.824. The molecule has 0 saturated heterocycles. The van der Waals surface area contributed by atoms with Crippen LogP contribution in [0.25, 0.3) is 0 Å². The standard InChI is InChI=1S/C17H22O3/c1-19-17(8-4-9-17)12-14(18)11-13-7-10-20-16-6-3-2-5-15(13)16/h2-3,5-6,13H,4,7-12H2,1H3. The average Bonchev–Trinajstić information content (AvgIpc) is 2.43. The maximum Gasteiger partial charge on any atom is 0.136 e. The van der Waals surface area contributed by atoms with Crippen molar-refractivity contribution in [1.29, 1.82) is 0 Å². The second-order valence-corrected chi connectivity index (χ2v) is 6.03. The number of Topliss-reactive ketones (excluding diaryl/α,β-unsaturated/α-hetero) is 1. The monoisotopic (exact) mass is 274 g/mol. The van der Waals surface area contributed by atoms with Crippen molar-refractivity contribution >= 4 is 5.78 Å². The molecule has 20 heavy (non-hydrogen) atoms. The number of hydrogen-bond acceptors (Lipinski definition) is 3. The molecule has 0 radical (unpaired) electrons. The first-order chi connectivity index (χ1) is 9.72. The molecule has 0 bridgehead atoms. The molecule has 3 heteroatoms. The number of fused-ring (bicyclic) bond motifs is 1. The molecule has 1 heterocycles. The van der Waals surface area contributed by atoms with Crippen LogP contribution in [0.3, 0.4) is 0 Å². The van der Waals surface area contributed by atoms with Crippen LogP contribution in [0.5, 0.6) is 5.75 Å². The van der Waals surface area contributed by atoms with Gasteiger partial charge in [-0.15, -0.1) is 0 Å². The van der Waals surface area contributed by atoms with E-state index in [1.807, 2.05) is 18.2 Å². The zero-order valence-electron chi connectivity index (χ0n) is 12.1. The molecule has 1 saturated carbocycles. The lowest BCUT2D eigenvalue weighted by molar-refractivity contribution is -0.132. The maximum atomic E-state index is 12.4. The number of ether oxygens (including phenoxy) is 2. The summed E-state index contributed by atoms with van der Waals surface area (Å²) in [6, 6.07) is 8.08. The third-order valence-electron chi connectivity index (χ3n) is 4.77. The Morgan fingerprint density at radius 1 is 1.40 bits per heavy atom. The summed E-state index contributed by atoms with van der Waals surface area (Å²) in [4.78, 5) is 12.4. The van der Waals surface area contributed by atoms with E-state index in [1.165, 1.54) is 12.0 Å². The molecule has 1 fully saturated rings. The van der Waals surface area contributed by atoms with Gasteiger partial charge >= 0.3 is 0 Å². The van der Waals surface area contributed by atoms with E-state index in [2.05, 4.69) is 6.07 Å². The van der Waals surface area contributed by atoms with Crippen molar-refractivity contribution in [2.75, 3.05) is 13.7 Å². The van der Waals surface area contributed by atoms with E-state index < -0.39 is 0 Å². The first-order valence-electron chi connectivity index (χ1n) is 7.51. The van der Waals surface area contributed by atoms with Gasteiger partial charge in [-0.2, -0.15) is 0 Å². The fraction of sp³-hybridized carbons (Fsp3) is 0.588. The van der Waals surface area contributed by atoms with Gasteiger partial charge in [-0.25, -0.2) is 0 Å². The molecule has 1 unspecified atom stereocenters. The van der Waals surface area contributed by atoms with Gasteiger partial charge in [-0.05, 0) is 43.2 Å². The zero-order valence-corrected chi connectivity index (χ0v) is 12.1. The van der Waals surface area contributed by atoms with Crippen molar-refractivity contribution in [3.05, 3.63) is 29.8 Å². The first-order valence-corrected chi connectivity index (χ1v) is 7.51. The van der Waals surface area contributed by atoms with E-state index in [4.69, 9.17) is 9.47 Å². The summed E-state index contributed by atoms with van der Waals surface area (Å²) in [5.41, 5.74) is 1.04. The summed E-state index contributed by atoms with van der Waals surface area (Å²) in [7, 11) is 1.73. The minimum absolute atomic E-state index is 0.151. The predicted octanol–water partition coefficient (Wildman–Crippen LogP) is 3.47. The first kappa shape index (κ1) is 13.6. The molecule has 1 aromatic rings. The summed E-state index contributed by atoms with van der Waals surface area (Å²) >= 11 is 0. The van der Waals surface area contributed by atoms with Crippen LogP contribution in [0.4, 0.5) is 0 Å². The number of rotatable bonds is 5. The molecule has 1 aromatic carbocycles. The van der Waals surface area contributed by atoms with Gasteiger partial charge < -0.3 is 9.47 Å². The smallest absolute Gasteiger partial charge is 0.136 e. The Kier molecular flexibility index (Phi) is 3.79. The summed E-state index contributed by atoms with van der Waals surface area (Å²) in [5, 5.41) is 0. The fourth-order valence-corrected chi connectivity index (χ4v) is 3.36. The molecule has 2 aliphatic rings. The van der Waals surface area contributed by atoms with Gasteiger partial charge in [-0.1, -0.05) is 18.2 Å². The molecule has 0 spiro atoms. The number of carbonyl (C=O) groups excluding carboxylic acids is 1. The van der Waals surface area contributed by atoms with E-state index in [1.54, 1.807) is 7.11 Å². The Balaban J connectivity index is 1.65. The molecule has 1 aliphatic carbocycles. The molecule has 3 rings (SSSR count). The lowest BCUT2D eigenvalue weighted by atomic mass is 9.75. The van der Waals surface area contributed by atoms with Crippen molar-refractivity contribution in [1.82, 2.24) is 0 Å². The summed E-state index contributed by atoms with van der Waals surface area (Å²) in [6.07, 6.45) is 5.36. The van der Waals surface area contributed by atoms with Crippen LogP contribution in [-0.4, -0.2) is 25.1 Å². The molecule has 3 nitrogen and oxygen atoms in total. The molecule has 0 aromatic heterocycles. The van der Waals surface area contributed by atoms with E-state index in [0.29, 0.717) is 31.1 Å². The highest BCUT2D eigenvalue weighted by atomic mass is 16.5. The van der Waals surface area contributed by atoms with Crippen LogP contribution in [0, 0.1) is 0 Å². The fourth-order valence-electron chi connectivity index (χ4n) is 3.36. The molecule has 0 amide bonds. The highest BCUT2D eigenvalue weighted by molar-refractivity contribution is 5.80. The zero-order chi connectivity index (χ0) is 14.0. The van der Waals surface area contributed by atoms with Gasteiger partial charge in [0.05, 0.1) is 12.2 Å². The van der Waals surface area contributed by atoms with Gasteiger partial charge in [0.15, 0.2) is 0 Å². The minimum Gasteiger partial charge on any atom is -0.493 e. The van der Waals surface area contributed by atoms with Gasteiger partial charge in [0, 0.05) is 20.0 Å². The van der Waals surface area contributed by atoms with Crippen LogP contribution < -0.4 is 4.74 Å². The summed E-state index contributed by atoms with van der Waals surface area (Å²) < 4.78 is 11.2. The highest BCUT2D eigenvalue weighted by Crippen LogP contribution is 2.40. The van der Waals surface area contributed by atoms with Crippen molar-refractivity contribution < 1.29 is 14.3 Å². The van der Waals surface area contributed by atoms with Crippen molar-refractivity contribution in [3.8, 4) is 5.75 Å². The van der Waals surface area contributed by atoms with Crippen molar-refractivity contribution in [2.45, 2.75) is 50.0 Å². The Labute approximate surface area is 120 Å². The molecule has 1 atom stereocenters. The van der Waals surface area contributed by atoms with Gasteiger partial charge in [-0.3, -0.25) is 4.79 Å². The summed E-state index contributed by atoms with van der Waals surface area (Å²) in [6.45, 7) is 0.713. The van der Waals surface area contributed by atoms with E-state index in [9.17, 15) is 4.79 Å². The molecular weight excluding hydrogens is 252 g/mol. The van der Waals surface area contributed by atoms with E-state index >= 15 is 0 Å². The van der Waals surface area contributed by atoms with Crippen LogP contribution in [0.2, 0.25) is 0 Å². The van der Waals surface area contributed by atoms with Crippen LogP contribution in [0.1, 0.15) is 50.0 Å². The minimum atomic E-state index is -0.151. The van der Waals surface area contributed by atoms with Crippen molar-refractivity contribution in [3.63, 3.8) is 0 Å². The average molecular weight is 274 g/mol. The second-order valence-electron chi connectivity index (χ2n) is 6.03. The van der Waals surface area contributed by atoms with Crippen molar-refractivity contribution in [2.24, 2.45) is 0 Å². The summed E-state index contributed by atoms with van der Waals surface area (Å²) in [5.74, 6) is 1.58. The SMILES string of the molecule is COC1(CC(=O)CC2CCOc3ccccc32)CCC1. The molecule has 108 valence electrons. The predicted molar refractivity (Wildman–Crippen MR) is 77.1 cm³/mol. The highest BCUT2D eigenvalue weighted by Gasteiger charge is 2.39. The molecule has 0 N–H and O–H groups in total. The Bertz CT molecular complexity index is 485. The number of benzene rings is 1. The second kappa shape index (κ2) is 5.57.